The number of nitrogens with zero attached hydrogens (tertiary/aromatic N) is 2. The number of aromatic nitrogens is 2. The molecular formula is C14H17ClN4OS2. The van der Waals surface area contributed by atoms with Crippen molar-refractivity contribution in [2.45, 2.75) is 16.5 Å². The van der Waals surface area contributed by atoms with Gasteiger partial charge >= 0.3 is 0 Å². The molecule has 1 aromatic carbocycles. The number of benzene rings is 1. The van der Waals surface area contributed by atoms with Crippen molar-refractivity contribution in [3.8, 4) is 0 Å². The molecule has 2 heterocycles. The smallest absolute Gasteiger partial charge is 0.230 e. The van der Waals surface area contributed by atoms with Crippen LogP contribution in [0, 0.1) is 5.92 Å². The largest absolute Gasteiger partial charge is 0.316 e. The Morgan fingerprint density at radius 1 is 1.36 bits per heavy atom. The normalized spacial score (nSPS) is 17.0. The van der Waals surface area contributed by atoms with E-state index >= 15 is 0 Å². The maximum atomic E-state index is 12.0. The highest BCUT2D eigenvalue weighted by Gasteiger charge is 2.23. The van der Waals surface area contributed by atoms with Crippen LogP contribution in [-0.2, 0) is 10.5 Å². The molecule has 5 nitrogen and oxygen atoms in total. The molecule has 1 amide bonds. The number of nitrogens with one attached hydrogen (secondary N) is 2. The molecule has 3 rings (SSSR count). The Kier molecular flexibility index (Phi) is 6.63. The third-order valence-electron chi connectivity index (χ3n) is 3.27. The first-order valence-electron chi connectivity index (χ1n) is 6.83. The molecule has 2 N–H and O–H groups in total. The molecule has 0 saturated carbocycles. The Bertz CT molecular complexity index is 602. The molecule has 1 saturated heterocycles. The first-order chi connectivity index (χ1) is 10.3. The Morgan fingerprint density at radius 3 is 2.91 bits per heavy atom. The van der Waals surface area contributed by atoms with Gasteiger partial charge in [0.15, 0.2) is 4.34 Å². The molecule has 1 unspecified atom stereocenters. The standard InChI is InChI=1S/C14H16N4OS2.ClH/c19-12(11-6-7-15-8-11)16-13-17-18-14(21-13)20-9-10-4-2-1-3-5-10;/h1-5,11,15H,6-9H2,(H,16,17,19);1H. The zero-order chi connectivity index (χ0) is 14.5. The van der Waals surface area contributed by atoms with Gasteiger partial charge < -0.3 is 10.6 Å². The number of hydrogen-bond donors (Lipinski definition) is 2. The van der Waals surface area contributed by atoms with E-state index in [2.05, 4.69) is 33.0 Å². The van der Waals surface area contributed by atoms with Gasteiger partial charge in [0.25, 0.3) is 0 Å². The minimum atomic E-state index is 0. The van der Waals surface area contributed by atoms with Gasteiger partial charge in [-0.2, -0.15) is 0 Å². The highest BCUT2D eigenvalue weighted by atomic mass is 35.5. The molecule has 1 fully saturated rings. The molecule has 0 bridgehead atoms. The Morgan fingerprint density at radius 2 is 2.18 bits per heavy atom. The number of amides is 1. The van der Waals surface area contributed by atoms with E-state index < -0.39 is 0 Å². The zero-order valence-electron chi connectivity index (χ0n) is 11.8. The van der Waals surface area contributed by atoms with Crippen molar-refractivity contribution in [3.63, 3.8) is 0 Å². The molecule has 1 atom stereocenters. The van der Waals surface area contributed by atoms with Crippen LogP contribution in [0.2, 0.25) is 0 Å². The van der Waals surface area contributed by atoms with Crippen LogP contribution >= 0.6 is 35.5 Å². The summed E-state index contributed by atoms with van der Waals surface area (Å²) in [5, 5.41) is 14.8. The second-order valence-corrected chi connectivity index (χ2v) is 7.03. The third kappa shape index (κ3) is 4.67. The van der Waals surface area contributed by atoms with Crippen molar-refractivity contribution in [1.29, 1.82) is 0 Å². The van der Waals surface area contributed by atoms with Gasteiger partial charge in [0.1, 0.15) is 0 Å². The SMILES string of the molecule is Cl.O=C(Nc1nnc(SCc2ccccc2)s1)C1CCNC1. The monoisotopic (exact) mass is 356 g/mol. The predicted octanol–water partition coefficient (Wildman–Crippen LogP) is 2.80. The van der Waals surface area contributed by atoms with Crippen molar-refractivity contribution in [1.82, 2.24) is 15.5 Å². The topological polar surface area (TPSA) is 66.9 Å². The van der Waals surface area contributed by atoms with Gasteiger partial charge in [-0.25, -0.2) is 0 Å². The number of thioether (sulfide) groups is 1. The lowest BCUT2D eigenvalue weighted by molar-refractivity contribution is -0.119. The Balaban J connectivity index is 0.00000176. The minimum absolute atomic E-state index is 0. The molecule has 118 valence electrons. The van der Waals surface area contributed by atoms with E-state index in [1.54, 1.807) is 11.8 Å². The summed E-state index contributed by atoms with van der Waals surface area (Å²) in [7, 11) is 0. The number of rotatable bonds is 5. The third-order valence-corrected chi connectivity index (χ3v) is 5.32. The summed E-state index contributed by atoms with van der Waals surface area (Å²) < 4.78 is 0.874. The van der Waals surface area contributed by atoms with Gasteiger partial charge in [0.05, 0.1) is 5.92 Å². The van der Waals surface area contributed by atoms with Crippen molar-refractivity contribution in [2.75, 3.05) is 18.4 Å². The molecule has 2 aromatic rings. The highest BCUT2D eigenvalue weighted by molar-refractivity contribution is 8.00. The van der Waals surface area contributed by atoms with Crippen LogP contribution in [0.5, 0.6) is 0 Å². The van der Waals surface area contributed by atoms with Crippen LogP contribution in [0.1, 0.15) is 12.0 Å². The lowest BCUT2D eigenvalue weighted by Crippen LogP contribution is -2.24. The quantitative estimate of drug-likeness (QED) is 0.637. The fourth-order valence-corrected chi connectivity index (χ4v) is 3.83. The lowest BCUT2D eigenvalue weighted by Gasteiger charge is -2.06. The van der Waals surface area contributed by atoms with E-state index in [-0.39, 0.29) is 24.2 Å². The van der Waals surface area contributed by atoms with Gasteiger partial charge in [0.2, 0.25) is 11.0 Å². The maximum Gasteiger partial charge on any atom is 0.230 e. The molecule has 0 radical (unpaired) electrons. The first kappa shape index (κ1) is 17.2. The van der Waals surface area contributed by atoms with Gasteiger partial charge in [-0.05, 0) is 18.5 Å². The van der Waals surface area contributed by atoms with Crippen molar-refractivity contribution in [3.05, 3.63) is 35.9 Å². The number of anilines is 1. The van der Waals surface area contributed by atoms with Crippen LogP contribution in [0.4, 0.5) is 5.13 Å². The van der Waals surface area contributed by atoms with Crippen molar-refractivity contribution in [2.24, 2.45) is 5.92 Å². The summed E-state index contributed by atoms with van der Waals surface area (Å²) in [6.07, 6.45) is 0.889. The summed E-state index contributed by atoms with van der Waals surface area (Å²) in [4.78, 5) is 12.0. The number of hydrogen-bond acceptors (Lipinski definition) is 6. The fourth-order valence-electron chi connectivity index (χ4n) is 2.12. The summed E-state index contributed by atoms with van der Waals surface area (Å²) in [5.41, 5.74) is 1.25. The highest BCUT2D eigenvalue weighted by Crippen LogP contribution is 2.28. The molecule has 8 heteroatoms. The molecular weight excluding hydrogens is 340 g/mol. The second kappa shape index (κ2) is 8.47. The number of carbonyl (C=O) groups is 1. The van der Waals surface area contributed by atoms with E-state index in [0.717, 1.165) is 29.6 Å². The van der Waals surface area contributed by atoms with Crippen molar-refractivity contribution >= 4 is 46.5 Å². The lowest BCUT2D eigenvalue weighted by atomic mass is 10.1. The molecule has 22 heavy (non-hydrogen) atoms. The Hall–Kier alpha value is -1.15. The van der Waals surface area contributed by atoms with Gasteiger partial charge in [-0.3, -0.25) is 4.79 Å². The van der Waals surface area contributed by atoms with Crippen LogP contribution in [0.3, 0.4) is 0 Å². The molecule has 1 aliphatic rings. The molecule has 1 aliphatic heterocycles. The van der Waals surface area contributed by atoms with Gasteiger partial charge in [-0.15, -0.1) is 22.6 Å². The fraction of sp³-hybridized carbons (Fsp3) is 0.357. The molecule has 1 aromatic heterocycles. The van der Waals surface area contributed by atoms with Crippen LogP contribution in [0.25, 0.3) is 0 Å². The van der Waals surface area contributed by atoms with Crippen LogP contribution in [-0.4, -0.2) is 29.2 Å². The zero-order valence-corrected chi connectivity index (χ0v) is 14.3. The number of carbonyl (C=O) groups excluding carboxylic acids is 1. The van der Waals surface area contributed by atoms with Crippen molar-refractivity contribution < 1.29 is 4.79 Å². The van der Waals surface area contributed by atoms with E-state index in [4.69, 9.17) is 0 Å². The average molecular weight is 357 g/mol. The van der Waals surface area contributed by atoms with Gasteiger partial charge in [-0.1, -0.05) is 53.4 Å². The Labute approximate surface area is 143 Å². The van der Waals surface area contributed by atoms with Crippen LogP contribution < -0.4 is 10.6 Å². The minimum Gasteiger partial charge on any atom is -0.316 e. The average Bonchev–Trinajstić information content (AvgIpc) is 3.18. The molecule has 0 spiro atoms. The number of halogens is 1. The van der Waals surface area contributed by atoms with E-state index in [0.29, 0.717) is 5.13 Å². The summed E-state index contributed by atoms with van der Waals surface area (Å²) in [6.45, 7) is 1.66. The first-order valence-corrected chi connectivity index (χ1v) is 8.63. The van der Waals surface area contributed by atoms with E-state index in [1.165, 1.54) is 16.9 Å². The summed E-state index contributed by atoms with van der Waals surface area (Å²) in [6, 6.07) is 10.2. The summed E-state index contributed by atoms with van der Waals surface area (Å²) >= 11 is 3.06. The van der Waals surface area contributed by atoms with Crippen LogP contribution in [0.15, 0.2) is 34.7 Å². The molecule has 0 aliphatic carbocycles. The van der Waals surface area contributed by atoms with Gasteiger partial charge in [0, 0.05) is 12.3 Å². The van der Waals surface area contributed by atoms with E-state index in [1.807, 2.05) is 18.2 Å². The second-order valence-electron chi connectivity index (χ2n) is 4.83. The maximum absolute atomic E-state index is 12.0. The summed E-state index contributed by atoms with van der Waals surface area (Å²) in [5.74, 6) is 0.945. The predicted molar refractivity (Wildman–Crippen MR) is 92.8 cm³/mol. The van der Waals surface area contributed by atoms with E-state index in [9.17, 15) is 4.79 Å².